The van der Waals surface area contributed by atoms with Gasteiger partial charge in [-0.2, -0.15) is 0 Å². The van der Waals surface area contributed by atoms with Gasteiger partial charge in [0.25, 0.3) is 0 Å². The molecule has 2 rings (SSSR count). The van der Waals surface area contributed by atoms with E-state index >= 15 is 0 Å². The zero-order chi connectivity index (χ0) is 13.7. The highest BCUT2D eigenvalue weighted by Crippen LogP contribution is 2.25. The van der Waals surface area contributed by atoms with Crippen molar-refractivity contribution in [2.24, 2.45) is 0 Å². The highest BCUT2D eigenvalue weighted by Gasteiger charge is 2.20. The van der Waals surface area contributed by atoms with E-state index in [1.54, 1.807) is 0 Å². The third kappa shape index (κ3) is 3.88. The van der Waals surface area contributed by atoms with Crippen LogP contribution in [-0.2, 0) is 16.3 Å². The number of benzene rings is 1. The van der Waals surface area contributed by atoms with Gasteiger partial charge in [-0.1, -0.05) is 30.3 Å². The monoisotopic (exact) mass is 327 g/mol. The Hall–Kier alpha value is -1.20. The van der Waals surface area contributed by atoms with Crippen molar-refractivity contribution in [3.8, 4) is 0 Å². The maximum Gasteiger partial charge on any atom is 0.386 e. The Balaban J connectivity index is 1.91. The molecule has 1 aliphatic heterocycles. The van der Waals surface area contributed by atoms with E-state index in [4.69, 9.17) is 0 Å². The van der Waals surface area contributed by atoms with Crippen LogP contribution in [0.15, 0.2) is 40.4 Å². The average molecular weight is 328 g/mol. The van der Waals surface area contributed by atoms with Gasteiger partial charge in [-0.05, 0) is 39.9 Å². The van der Waals surface area contributed by atoms with Crippen LogP contribution in [0.4, 0.5) is 4.53 Å². The predicted molar refractivity (Wildman–Crippen MR) is 74.1 cm³/mol. The minimum atomic E-state index is -0.938. The highest BCUT2D eigenvalue weighted by molar-refractivity contribution is 9.12. The van der Waals surface area contributed by atoms with Gasteiger partial charge in [-0.3, -0.25) is 4.90 Å². The van der Waals surface area contributed by atoms with Crippen LogP contribution in [0.5, 0.6) is 0 Å². The average Bonchev–Trinajstić information content (AvgIpc) is 2.47. The van der Waals surface area contributed by atoms with Gasteiger partial charge in [0.05, 0.1) is 0 Å². The standard InChI is InChI=1S/C14H15BrFNO2/c15-13(14(18)19-16)12-6-8-17(9-7-12)10-11-4-2-1-3-5-11/h1-5H,6-10H2. The van der Waals surface area contributed by atoms with E-state index in [0.717, 1.165) is 38.0 Å². The van der Waals surface area contributed by atoms with E-state index < -0.39 is 5.97 Å². The number of piperidine rings is 1. The predicted octanol–water partition coefficient (Wildman–Crippen LogP) is 3.36. The summed E-state index contributed by atoms with van der Waals surface area (Å²) >= 11 is 3.10. The normalized spacial score (nSPS) is 16.2. The Labute approximate surface area is 120 Å². The van der Waals surface area contributed by atoms with Crippen LogP contribution in [0.25, 0.3) is 0 Å². The molecule has 1 fully saturated rings. The summed E-state index contributed by atoms with van der Waals surface area (Å²) in [7, 11) is 0. The number of rotatable bonds is 3. The Kier molecular flexibility index (Phi) is 5.10. The maximum absolute atomic E-state index is 11.8. The first kappa shape index (κ1) is 14.2. The summed E-state index contributed by atoms with van der Waals surface area (Å²) in [6.45, 7) is 2.62. The molecule has 0 unspecified atom stereocenters. The van der Waals surface area contributed by atoms with E-state index in [-0.39, 0.29) is 4.48 Å². The van der Waals surface area contributed by atoms with Gasteiger partial charge in [-0.25, -0.2) is 9.74 Å². The lowest BCUT2D eigenvalue weighted by atomic mass is 10.0. The van der Waals surface area contributed by atoms with Gasteiger partial charge >= 0.3 is 5.97 Å². The number of carbonyl (C=O) groups is 1. The molecule has 19 heavy (non-hydrogen) atoms. The molecule has 0 atom stereocenters. The quantitative estimate of drug-likeness (QED) is 0.797. The van der Waals surface area contributed by atoms with Gasteiger partial charge in [-0.15, -0.1) is 0 Å². The Morgan fingerprint density at radius 3 is 2.47 bits per heavy atom. The van der Waals surface area contributed by atoms with Crippen molar-refractivity contribution in [3.63, 3.8) is 0 Å². The van der Waals surface area contributed by atoms with Crippen LogP contribution in [0.1, 0.15) is 18.4 Å². The number of hydrogen-bond acceptors (Lipinski definition) is 3. The van der Waals surface area contributed by atoms with Crippen LogP contribution in [0.3, 0.4) is 0 Å². The molecule has 0 aliphatic carbocycles. The minimum absolute atomic E-state index is 0.231. The van der Waals surface area contributed by atoms with Crippen molar-refractivity contribution in [1.29, 1.82) is 0 Å². The van der Waals surface area contributed by atoms with Crippen LogP contribution in [-0.4, -0.2) is 24.0 Å². The molecule has 0 N–H and O–H groups in total. The minimum Gasteiger partial charge on any atom is -0.298 e. The lowest BCUT2D eigenvalue weighted by molar-refractivity contribution is -0.177. The van der Waals surface area contributed by atoms with Gasteiger partial charge < -0.3 is 0 Å². The molecule has 1 heterocycles. The number of likely N-dealkylation sites (tertiary alicyclic amines) is 1. The fourth-order valence-corrected chi connectivity index (χ4v) is 2.68. The van der Waals surface area contributed by atoms with Gasteiger partial charge in [0.1, 0.15) is 4.48 Å². The molecule has 1 aromatic carbocycles. The first-order valence-electron chi connectivity index (χ1n) is 6.17. The molecule has 1 saturated heterocycles. The van der Waals surface area contributed by atoms with Crippen molar-refractivity contribution in [2.45, 2.75) is 19.4 Å². The van der Waals surface area contributed by atoms with E-state index in [9.17, 15) is 9.32 Å². The van der Waals surface area contributed by atoms with Gasteiger partial charge in [0.15, 0.2) is 0 Å². The Morgan fingerprint density at radius 2 is 1.89 bits per heavy atom. The maximum atomic E-state index is 11.8. The number of carbonyl (C=O) groups excluding carboxylic acids is 1. The van der Waals surface area contributed by atoms with E-state index in [1.165, 1.54) is 5.56 Å². The third-order valence-electron chi connectivity index (χ3n) is 3.27. The largest absolute Gasteiger partial charge is 0.386 e. The van der Waals surface area contributed by atoms with Crippen molar-refractivity contribution >= 4 is 21.9 Å². The lowest BCUT2D eigenvalue weighted by Gasteiger charge is -2.28. The number of hydrogen-bond donors (Lipinski definition) is 0. The van der Waals surface area contributed by atoms with Crippen LogP contribution in [0, 0.1) is 0 Å². The van der Waals surface area contributed by atoms with Crippen molar-refractivity contribution in [2.75, 3.05) is 13.1 Å². The molecule has 1 aromatic rings. The molecule has 1 aliphatic rings. The van der Waals surface area contributed by atoms with E-state index in [1.807, 2.05) is 18.2 Å². The summed E-state index contributed by atoms with van der Waals surface area (Å²) in [6.07, 6.45) is 1.50. The first-order valence-corrected chi connectivity index (χ1v) is 6.96. The van der Waals surface area contributed by atoms with Crippen LogP contribution in [0.2, 0.25) is 0 Å². The lowest BCUT2D eigenvalue weighted by Crippen LogP contribution is -2.30. The summed E-state index contributed by atoms with van der Waals surface area (Å²) in [4.78, 5) is 16.6. The van der Waals surface area contributed by atoms with E-state index in [0.29, 0.717) is 0 Å². The third-order valence-corrected chi connectivity index (χ3v) is 4.15. The molecule has 0 amide bonds. The zero-order valence-corrected chi connectivity index (χ0v) is 12.0. The molecule has 0 radical (unpaired) electrons. The summed E-state index contributed by atoms with van der Waals surface area (Å²) in [5.74, 6) is -0.938. The summed E-state index contributed by atoms with van der Waals surface area (Å²) in [6, 6.07) is 10.3. The smallest absolute Gasteiger partial charge is 0.298 e. The molecule has 5 heteroatoms. The second kappa shape index (κ2) is 6.82. The fraction of sp³-hybridized carbons (Fsp3) is 0.357. The topological polar surface area (TPSA) is 29.5 Å². The van der Waals surface area contributed by atoms with Crippen LogP contribution >= 0.6 is 15.9 Å². The molecular formula is C14H15BrFNO2. The van der Waals surface area contributed by atoms with E-state index in [2.05, 4.69) is 37.9 Å². The summed E-state index contributed by atoms with van der Waals surface area (Å²) in [5, 5.41) is 0. The number of nitrogens with zero attached hydrogens (tertiary/aromatic N) is 1. The van der Waals surface area contributed by atoms with Crippen molar-refractivity contribution < 1.29 is 14.3 Å². The fourth-order valence-electron chi connectivity index (χ4n) is 2.22. The molecular weight excluding hydrogens is 313 g/mol. The molecule has 0 aromatic heterocycles. The molecule has 0 spiro atoms. The Bertz CT molecular complexity index is 466. The van der Waals surface area contributed by atoms with Crippen molar-refractivity contribution in [1.82, 2.24) is 4.90 Å². The second-order valence-corrected chi connectivity index (χ2v) is 5.34. The van der Waals surface area contributed by atoms with Crippen LogP contribution < -0.4 is 0 Å². The second-order valence-electron chi connectivity index (χ2n) is 4.54. The Morgan fingerprint density at radius 1 is 1.26 bits per heavy atom. The summed E-state index contributed by atoms with van der Waals surface area (Å²) in [5.41, 5.74) is 2.20. The summed E-state index contributed by atoms with van der Waals surface area (Å²) < 4.78 is 12.1. The number of halogens is 2. The molecule has 102 valence electrons. The molecule has 3 nitrogen and oxygen atoms in total. The highest BCUT2D eigenvalue weighted by atomic mass is 79.9. The SMILES string of the molecule is O=C(OF)C(Br)=C1CCN(Cc2ccccc2)CC1. The molecule has 0 bridgehead atoms. The molecule has 0 saturated carbocycles. The van der Waals surface area contributed by atoms with Gasteiger partial charge in [0, 0.05) is 24.2 Å². The van der Waals surface area contributed by atoms with Crippen molar-refractivity contribution in [3.05, 3.63) is 46.0 Å². The first-order chi connectivity index (χ1) is 9.20. The zero-order valence-electron chi connectivity index (χ0n) is 10.4. The van der Waals surface area contributed by atoms with Gasteiger partial charge in [0.2, 0.25) is 0 Å².